The first kappa shape index (κ1) is 24.6. The number of hydrogen-bond donors (Lipinski definition) is 0. The van der Waals surface area contributed by atoms with Gasteiger partial charge in [0.25, 0.3) is 0 Å². The molecule has 9 aromatic rings. The molecule has 0 saturated carbocycles. The van der Waals surface area contributed by atoms with Gasteiger partial charge in [-0.15, -0.1) is 0 Å². The van der Waals surface area contributed by atoms with E-state index in [0.29, 0.717) is 0 Å². The Morgan fingerprint density at radius 2 is 0.750 bits per heavy atom. The Hall–Kier alpha value is -6.00. The van der Waals surface area contributed by atoms with Crippen LogP contribution in [0, 0.1) is 0 Å². The predicted octanol–water partition coefficient (Wildman–Crippen LogP) is 10.0. The lowest BCUT2D eigenvalue weighted by atomic mass is 10.0. The quantitative estimate of drug-likeness (QED) is 0.214. The fourth-order valence-electron chi connectivity index (χ4n) is 6.59. The van der Waals surface area contributed by atoms with E-state index >= 15 is 0 Å². The van der Waals surface area contributed by atoms with Crippen LogP contribution >= 0.6 is 0 Å². The average Bonchev–Trinajstić information content (AvgIpc) is 3.62. The molecule has 9 rings (SSSR count). The van der Waals surface area contributed by atoms with Gasteiger partial charge in [0.05, 0.1) is 40.2 Å². The molecule has 0 aliphatic rings. The number of aromatic nitrogens is 4. The van der Waals surface area contributed by atoms with E-state index in [0.717, 1.165) is 39.4 Å². The highest BCUT2D eigenvalue weighted by Crippen LogP contribution is 2.34. The smallest absolute Gasteiger partial charge is 0.156 e. The van der Waals surface area contributed by atoms with Crippen LogP contribution in [-0.2, 0) is 0 Å². The molecular formula is C40H26N4. The molecule has 0 unspecified atom stereocenters. The highest BCUT2D eigenvalue weighted by Gasteiger charge is 2.14. The van der Waals surface area contributed by atoms with E-state index in [1.807, 2.05) is 12.4 Å². The van der Waals surface area contributed by atoms with Gasteiger partial charge in [-0.3, -0.25) is 9.55 Å². The largest absolute Gasteiger partial charge is 0.309 e. The van der Waals surface area contributed by atoms with Gasteiger partial charge in [-0.25, -0.2) is 4.98 Å². The van der Waals surface area contributed by atoms with Crippen molar-refractivity contribution in [2.24, 2.45) is 0 Å². The lowest BCUT2D eigenvalue weighted by Gasteiger charge is -2.10. The van der Waals surface area contributed by atoms with Crippen LogP contribution in [0.25, 0.3) is 77.5 Å². The van der Waals surface area contributed by atoms with Gasteiger partial charge in [-0.05, 0) is 47.5 Å². The summed E-state index contributed by atoms with van der Waals surface area (Å²) < 4.78 is 4.53. The van der Waals surface area contributed by atoms with Crippen LogP contribution in [0.1, 0.15) is 0 Å². The Morgan fingerprint density at radius 1 is 0.341 bits per heavy atom. The normalized spacial score (nSPS) is 11.6. The number of fused-ring (bicyclic) bond motifs is 6. The summed E-state index contributed by atoms with van der Waals surface area (Å²) in [4.78, 5) is 9.68. The van der Waals surface area contributed by atoms with Crippen molar-refractivity contribution in [3.05, 3.63) is 158 Å². The van der Waals surface area contributed by atoms with Crippen LogP contribution in [0.2, 0.25) is 0 Å². The summed E-state index contributed by atoms with van der Waals surface area (Å²) in [6.45, 7) is 0. The molecule has 0 saturated heterocycles. The summed E-state index contributed by atoms with van der Waals surface area (Å²) in [7, 11) is 0. The summed E-state index contributed by atoms with van der Waals surface area (Å²) in [5.41, 5.74) is 10.1. The van der Waals surface area contributed by atoms with Gasteiger partial charge in [-0.2, -0.15) is 0 Å². The Morgan fingerprint density at radius 3 is 1.20 bits per heavy atom. The van der Waals surface area contributed by atoms with Crippen molar-refractivity contribution < 1.29 is 0 Å². The zero-order valence-electron chi connectivity index (χ0n) is 23.8. The summed E-state index contributed by atoms with van der Waals surface area (Å²) in [5, 5.41) is 4.98. The van der Waals surface area contributed by atoms with E-state index in [2.05, 4.69) is 155 Å². The Bertz CT molecular complexity index is 2180. The zero-order valence-corrected chi connectivity index (χ0v) is 23.8. The number of benzene rings is 6. The van der Waals surface area contributed by atoms with Crippen LogP contribution in [0.15, 0.2) is 158 Å². The topological polar surface area (TPSA) is 35.6 Å². The molecule has 3 aromatic heterocycles. The highest BCUT2D eigenvalue weighted by atomic mass is 15.1. The van der Waals surface area contributed by atoms with E-state index in [1.54, 1.807) is 0 Å². The van der Waals surface area contributed by atoms with Crippen molar-refractivity contribution in [1.29, 1.82) is 0 Å². The molecule has 0 fully saturated rings. The molecule has 0 N–H and O–H groups in total. The first-order valence-corrected chi connectivity index (χ1v) is 14.8. The van der Waals surface area contributed by atoms with E-state index in [9.17, 15) is 0 Å². The van der Waals surface area contributed by atoms with Crippen LogP contribution in [0.5, 0.6) is 0 Å². The zero-order chi connectivity index (χ0) is 29.0. The van der Waals surface area contributed by atoms with Crippen LogP contribution < -0.4 is 0 Å². The molecular weight excluding hydrogens is 536 g/mol. The van der Waals surface area contributed by atoms with Gasteiger partial charge >= 0.3 is 0 Å². The van der Waals surface area contributed by atoms with Gasteiger partial charge in [0.2, 0.25) is 0 Å². The second-order valence-corrected chi connectivity index (χ2v) is 11.1. The van der Waals surface area contributed by atoms with Crippen molar-refractivity contribution in [2.75, 3.05) is 0 Å². The Balaban J connectivity index is 1.02. The number of nitrogens with zero attached hydrogens (tertiary/aromatic N) is 4. The molecule has 0 bridgehead atoms. The Kier molecular flexibility index (Phi) is 5.47. The van der Waals surface area contributed by atoms with Crippen molar-refractivity contribution in [2.45, 2.75) is 0 Å². The van der Waals surface area contributed by atoms with Crippen molar-refractivity contribution in [3.8, 4) is 33.9 Å². The molecule has 0 aliphatic heterocycles. The third-order valence-electron chi connectivity index (χ3n) is 8.67. The molecule has 44 heavy (non-hydrogen) atoms. The summed E-state index contributed by atoms with van der Waals surface area (Å²) >= 11 is 0. The molecule has 4 nitrogen and oxygen atoms in total. The maximum Gasteiger partial charge on any atom is 0.156 e. The van der Waals surface area contributed by atoms with Gasteiger partial charge < -0.3 is 4.57 Å². The minimum Gasteiger partial charge on any atom is -0.309 e. The monoisotopic (exact) mass is 562 g/mol. The summed E-state index contributed by atoms with van der Waals surface area (Å²) in [5.74, 6) is 0.811. The predicted molar refractivity (Wildman–Crippen MR) is 182 cm³/mol. The fraction of sp³-hybridized carbons (Fsp3) is 0. The van der Waals surface area contributed by atoms with Gasteiger partial charge in [0.1, 0.15) is 0 Å². The Labute approximate surface area is 254 Å². The van der Waals surface area contributed by atoms with Crippen LogP contribution in [-0.4, -0.2) is 19.1 Å². The molecule has 3 heterocycles. The number of para-hydroxylation sites is 4. The first-order chi connectivity index (χ1) is 21.8. The maximum atomic E-state index is 4.85. The van der Waals surface area contributed by atoms with Crippen LogP contribution in [0.3, 0.4) is 0 Å². The number of hydrogen-bond acceptors (Lipinski definition) is 2. The molecule has 0 aliphatic carbocycles. The molecule has 0 spiro atoms. The molecule has 4 heteroatoms. The molecule has 6 aromatic carbocycles. The maximum absolute atomic E-state index is 4.85. The minimum absolute atomic E-state index is 0.811. The molecule has 0 atom stereocenters. The van der Waals surface area contributed by atoms with E-state index in [4.69, 9.17) is 9.97 Å². The van der Waals surface area contributed by atoms with Gasteiger partial charge in [0, 0.05) is 32.8 Å². The van der Waals surface area contributed by atoms with Gasteiger partial charge in [0.15, 0.2) is 5.82 Å². The standard InChI is InChI=1S/C40H26N4/c1-5-13-36-31(9-1)32-10-2-6-14-37(32)43(36)30-23-21-28(22-24-30)27-17-19-29(20-18-27)35-25-42-40(26-41-35)44-38-15-7-3-11-33(38)34-12-4-8-16-39(34)44/h1-26H. The molecule has 0 amide bonds. The average molecular weight is 563 g/mol. The second-order valence-electron chi connectivity index (χ2n) is 11.1. The highest BCUT2D eigenvalue weighted by molar-refractivity contribution is 6.10. The molecule has 206 valence electrons. The number of rotatable bonds is 4. The fourth-order valence-corrected chi connectivity index (χ4v) is 6.59. The lowest BCUT2D eigenvalue weighted by Crippen LogP contribution is -1.99. The van der Waals surface area contributed by atoms with Gasteiger partial charge in [-0.1, -0.05) is 109 Å². The van der Waals surface area contributed by atoms with Crippen molar-refractivity contribution >= 4 is 43.6 Å². The third kappa shape index (κ3) is 3.78. The first-order valence-electron chi connectivity index (χ1n) is 14.8. The summed E-state index contributed by atoms with van der Waals surface area (Å²) in [6, 6.07) is 51.5. The van der Waals surface area contributed by atoms with E-state index < -0.39 is 0 Å². The molecule has 0 radical (unpaired) electrons. The van der Waals surface area contributed by atoms with Crippen LogP contribution in [0.4, 0.5) is 0 Å². The SMILES string of the molecule is c1ccc2c(c1)c1ccccc1n2-c1ccc(-c2ccc(-c3cnc(-n4c5ccccc5c5ccccc54)cn3)cc2)cc1. The second kappa shape index (κ2) is 9.79. The van der Waals surface area contributed by atoms with Crippen molar-refractivity contribution in [1.82, 2.24) is 19.1 Å². The van der Waals surface area contributed by atoms with E-state index in [1.165, 1.54) is 38.1 Å². The van der Waals surface area contributed by atoms with E-state index in [-0.39, 0.29) is 0 Å². The minimum atomic E-state index is 0.811. The summed E-state index contributed by atoms with van der Waals surface area (Å²) in [6.07, 6.45) is 3.74. The van der Waals surface area contributed by atoms with Crippen molar-refractivity contribution in [3.63, 3.8) is 0 Å². The third-order valence-corrected chi connectivity index (χ3v) is 8.67. The lowest BCUT2D eigenvalue weighted by molar-refractivity contribution is 1.04.